The Bertz CT molecular complexity index is 1050. The second-order valence-corrected chi connectivity index (χ2v) is 18.6. The van der Waals surface area contributed by atoms with Gasteiger partial charge in [-0.3, -0.25) is 19.2 Å². The van der Waals surface area contributed by atoms with E-state index in [1.54, 1.807) is 0 Å². The molecule has 0 aromatic heterocycles. The summed E-state index contributed by atoms with van der Waals surface area (Å²) in [5, 5.41) is 0. The summed E-state index contributed by atoms with van der Waals surface area (Å²) < 4.78 is 20.8. The SMILES string of the molecule is CCCCCCCCC1CCC(=O)O1.CCCCCCCCCC1CCC(=O)O1.CCCCCCCCCC1CCCC(=O)O1.CCCCCCCCCCC1CCC(=O)O1. The molecule has 4 unspecified atom stereocenters. The second kappa shape index (κ2) is 41.9. The van der Waals surface area contributed by atoms with E-state index >= 15 is 0 Å². The number of carbonyl (C=O) groups excluding carboxylic acids is 4. The Kier molecular flexibility index (Phi) is 39.0. The summed E-state index contributed by atoms with van der Waals surface area (Å²) in [5.74, 6) is 0.0210. The number of cyclic esters (lactones) is 4. The van der Waals surface area contributed by atoms with Gasteiger partial charge in [0.15, 0.2) is 0 Å². The molecule has 61 heavy (non-hydrogen) atoms. The molecular weight excluding hydrogens is 765 g/mol. The van der Waals surface area contributed by atoms with Gasteiger partial charge >= 0.3 is 23.9 Å². The molecule has 0 bridgehead atoms. The summed E-state index contributed by atoms with van der Waals surface area (Å²) in [6.07, 6.45) is 50.1. The van der Waals surface area contributed by atoms with Gasteiger partial charge in [-0.1, -0.05) is 182 Å². The predicted molar refractivity (Wildman–Crippen MR) is 252 cm³/mol. The van der Waals surface area contributed by atoms with Crippen molar-refractivity contribution in [2.45, 2.75) is 315 Å². The van der Waals surface area contributed by atoms with Gasteiger partial charge in [0, 0.05) is 25.7 Å². The summed E-state index contributed by atoms with van der Waals surface area (Å²) in [6, 6.07) is 0. The normalized spacial score (nSPS) is 20.7. The standard InChI is InChI=1S/2C14H26O2.C13H24O2.C12H22O2/c1-2-3-4-5-6-7-8-10-13-11-9-12-14(15)16-13;1-2-3-4-5-6-7-8-9-10-13-11-12-14(15)16-13;1-2-3-4-5-6-7-8-9-12-10-11-13(14)15-12;1-2-3-4-5-6-7-8-11-9-10-12(13)14-11/h2*13H,2-12H2,1H3;12H,2-11H2,1H3;11H,2-10H2,1H3. The first-order chi connectivity index (χ1) is 29.8. The number of carbonyl (C=O) groups is 4. The van der Waals surface area contributed by atoms with Crippen LogP contribution in [-0.2, 0) is 38.1 Å². The van der Waals surface area contributed by atoms with E-state index < -0.39 is 0 Å². The van der Waals surface area contributed by atoms with Gasteiger partial charge in [-0.25, -0.2) is 0 Å². The third-order valence-electron chi connectivity index (χ3n) is 12.6. The van der Waals surface area contributed by atoms with E-state index in [4.69, 9.17) is 18.9 Å². The van der Waals surface area contributed by atoms with Crippen LogP contribution in [0.3, 0.4) is 0 Å². The van der Waals surface area contributed by atoms with Crippen molar-refractivity contribution in [3.05, 3.63) is 0 Å². The van der Waals surface area contributed by atoms with E-state index in [0.717, 1.165) is 57.8 Å². The third kappa shape index (κ3) is 36.0. The maximum Gasteiger partial charge on any atom is 0.306 e. The highest BCUT2D eigenvalue weighted by Crippen LogP contribution is 2.23. The highest BCUT2D eigenvalue weighted by atomic mass is 16.6. The minimum Gasteiger partial charge on any atom is -0.462 e. The van der Waals surface area contributed by atoms with Crippen LogP contribution in [0.2, 0.25) is 0 Å². The molecule has 4 aliphatic rings. The zero-order chi connectivity index (χ0) is 44.4. The fraction of sp³-hybridized carbons (Fsp3) is 0.925. The molecule has 4 fully saturated rings. The van der Waals surface area contributed by atoms with E-state index in [2.05, 4.69) is 27.7 Å². The molecule has 0 spiro atoms. The van der Waals surface area contributed by atoms with Crippen molar-refractivity contribution in [2.24, 2.45) is 0 Å². The Morgan fingerprint density at radius 1 is 0.295 bits per heavy atom. The van der Waals surface area contributed by atoms with Crippen molar-refractivity contribution in [3.63, 3.8) is 0 Å². The van der Waals surface area contributed by atoms with Gasteiger partial charge < -0.3 is 18.9 Å². The van der Waals surface area contributed by atoms with E-state index in [-0.39, 0.29) is 48.3 Å². The molecule has 4 rings (SSSR count). The number of esters is 4. The first-order valence-corrected chi connectivity index (χ1v) is 26.6. The second-order valence-electron chi connectivity index (χ2n) is 18.6. The summed E-state index contributed by atoms with van der Waals surface area (Å²) >= 11 is 0. The average Bonchev–Trinajstić information content (AvgIpc) is 4.00. The van der Waals surface area contributed by atoms with E-state index in [1.807, 2.05) is 0 Å². The monoisotopic (exact) mass is 863 g/mol. The van der Waals surface area contributed by atoms with Gasteiger partial charge in [-0.2, -0.15) is 0 Å². The minimum atomic E-state index is 0.000910. The lowest BCUT2D eigenvalue weighted by atomic mass is 10.0. The topological polar surface area (TPSA) is 105 Å². The summed E-state index contributed by atoms with van der Waals surface area (Å²) in [6.45, 7) is 8.98. The molecule has 0 saturated carbocycles. The highest BCUT2D eigenvalue weighted by Gasteiger charge is 2.24. The Morgan fingerprint density at radius 2 is 0.508 bits per heavy atom. The molecule has 8 heteroatoms. The minimum absolute atomic E-state index is 0.000910. The van der Waals surface area contributed by atoms with Crippen molar-refractivity contribution < 1.29 is 38.1 Å². The zero-order valence-electron chi connectivity index (χ0n) is 40.6. The van der Waals surface area contributed by atoms with E-state index in [0.29, 0.717) is 25.7 Å². The highest BCUT2D eigenvalue weighted by molar-refractivity contribution is 5.72. The summed E-state index contributed by atoms with van der Waals surface area (Å²) in [7, 11) is 0. The fourth-order valence-corrected chi connectivity index (χ4v) is 8.66. The van der Waals surface area contributed by atoms with Crippen LogP contribution in [0, 0.1) is 0 Å². The van der Waals surface area contributed by atoms with Gasteiger partial charge in [-0.05, 0) is 83.5 Å². The molecule has 358 valence electrons. The van der Waals surface area contributed by atoms with Crippen LogP contribution in [0.5, 0.6) is 0 Å². The van der Waals surface area contributed by atoms with Crippen molar-refractivity contribution in [3.8, 4) is 0 Å². The molecule has 0 aromatic rings. The van der Waals surface area contributed by atoms with Crippen molar-refractivity contribution in [1.82, 2.24) is 0 Å². The maximum atomic E-state index is 11.1. The van der Waals surface area contributed by atoms with E-state index in [1.165, 1.54) is 180 Å². The van der Waals surface area contributed by atoms with Crippen molar-refractivity contribution in [1.29, 1.82) is 0 Å². The number of unbranched alkanes of at least 4 members (excludes halogenated alkanes) is 24. The first kappa shape index (κ1) is 56.9. The van der Waals surface area contributed by atoms with Crippen LogP contribution in [0.1, 0.15) is 291 Å². The van der Waals surface area contributed by atoms with Gasteiger partial charge in [-0.15, -0.1) is 0 Å². The quantitative estimate of drug-likeness (QED) is 0.0374. The zero-order valence-corrected chi connectivity index (χ0v) is 40.6. The molecule has 4 atom stereocenters. The molecule has 0 aliphatic carbocycles. The Morgan fingerprint density at radius 3 is 0.738 bits per heavy atom. The Balaban J connectivity index is 0.000000407. The molecular formula is C53H98O8. The summed E-state index contributed by atoms with van der Waals surface area (Å²) in [5.41, 5.74) is 0. The fourth-order valence-electron chi connectivity index (χ4n) is 8.66. The molecule has 4 aliphatic heterocycles. The smallest absolute Gasteiger partial charge is 0.306 e. The summed E-state index contributed by atoms with van der Waals surface area (Å²) in [4.78, 5) is 43.6. The van der Waals surface area contributed by atoms with Gasteiger partial charge in [0.25, 0.3) is 0 Å². The molecule has 0 aromatic carbocycles. The number of ether oxygens (including phenoxy) is 4. The Labute approximate surface area is 376 Å². The van der Waals surface area contributed by atoms with Crippen LogP contribution in [0.25, 0.3) is 0 Å². The van der Waals surface area contributed by atoms with Crippen LogP contribution < -0.4 is 0 Å². The molecule has 4 saturated heterocycles. The van der Waals surface area contributed by atoms with Crippen LogP contribution in [0.15, 0.2) is 0 Å². The van der Waals surface area contributed by atoms with Gasteiger partial charge in [0.05, 0.1) is 0 Å². The molecule has 4 heterocycles. The molecule has 0 amide bonds. The van der Waals surface area contributed by atoms with Gasteiger partial charge in [0.1, 0.15) is 24.4 Å². The molecule has 0 radical (unpaired) electrons. The first-order valence-electron chi connectivity index (χ1n) is 26.6. The largest absolute Gasteiger partial charge is 0.462 e. The van der Waals surface area contributed by atoms with Crippen LogP contribution >= 0.6 is 0 Å². The molecule has 8 nitrogen and oxygen atoms in total. The lowest BCUT2D eigenvalue weighted by Gasteiger charge is -2.21. The number of hydrogen-bond acceptors (Lipinski definition) is 8. The van der Waals surface area contributed by atoms with Crippen molar-refractivity contribution >= 4 is 23.9 Å². The lowest BCUT2D eigenvalue weighted by molar-refractivity contribution is -0.154. The van der Waals surface area contributed by atoms with Crippen LogP contribution in [0.4, 0.5) is 0 Å². The van der Waals surface area contributed by atoms with E-state index in [9.17, 15) is 19.2 Å². The Hall–Kier alpha value is -2.12. The van der Waals surface area contributed by atoms with Crippen LogP contribution in [-0.4, -0.2) is 48.3 Å². The van der Waals surface area contributed by atoms with Crippen molar-refractivity contribution in [2.75, 3.05) is 0 Å². The number of hydrogen-bond donors (Lipinski definition) is 0. The lowest BCUT2D eigenvalue weighted by Crippen LogP contribution is -2.23. The average molecular weight is 863 g/mol. The van der Waals surface area contributed by atoms with Gasteiger partial charge in [0.2, 0.25) is 0 Å². The number of rotatable bonds is 32. The maximum absolute atomic E-state index is 11.1. The third-order valence-corrected chi connectivity index (χ3v) is 12.6. The molecule has 0 N–H and O–H groups in total. The predicted octanol–water partition coefficient (Wildman–Crippen LogP) is 15.7.